The van der Waals surface area contributed by atoms with Crippen LogP contribution in [0.3, 0.4) is 0 Å². The quantitative estimate of drug-likeness (QED) is 0.872. The van der Waals surface area contributed by atoms with Crippen LogP contribution in [0.2, 0.25) is 0 Å². The smallest absolute Gasteiger partial charge is 0.127 e. The zero-order valence-corrected chi connectivity index (χ0v) is 11.1. The van der Waals surface area contributed by atoms with Crippen LogP contribution in [0.15, 0.2) is 42.5 Å². The first-order valence-corrected chi connectivity index (χ1v) is 6.31. The molecule has 0 bridgehead atoms. The van der Waals surface area contributed by atoms with Gasteiger partial charge in [-0.05, 0) is 43.2 Å². The van der Waals surface area contributed by atoms with E-state index in [1.54, 1.807) is 18.2 Å². The summed E-state index contributed by atoms with van der Waals surface area (Å²) >= 11 is 0. The van der Waals surface area contributed by atoms with Crippen LogP contribution in [0.25, 0.3) is 0 Å². The summed E-state index contributed by atoms with van der Waals surface area (Å²) in [4.78, 5) is 0. The highest BCUT2D eigenvalue weighted by atomic mass is 19.1. The Hall–Kier alpha value is -1.74. The predicted molar refractivity (Wildman–Crippen MR) is 72.8 cm³/mol. The normalized spacial score (nSPS) is 12.4. The second-order valence-electron chi connectivity index (χ2n) is 4.69. The third-order valence-corrected chi connectivity index (χ3v) is 3.28. The van der Waals surface area contributed by atoms with Gasteiger partial charge in [0, 0.05) is 18.2 Å². The van der Waals surface area contributed by atoms with Gasteiger partial charge in [-0.25, -0.2) is 8.78 Å². The highest BCUT2D eigenvalue weighted by Gasteiger charge is 2.10. The number of halogens is 2. The molecule has 2 aromatic rings. The molecule has 0 amide bonds. The molecule has 0 aliphatic heterocycles. The van der Waals surface area contributed by atoms with Crippen LogP contribution in [0.5, 0.6) is 0 Å². The van der Waals surface area contributed by atoms with E-state index in [1.165, 1.54) is 18.2 Å². The van der Waals surface area contributed by atoms with Gasteiger partial charge in [0.1, 0.15) is 11.6 Å². The van der Waals surface area contributed by atoms with Crippen LogP contribution in [0.4, 0.5) is 8.78 Å². The first kappa shape index (κ1) is 13.7. The average molecular weight is 261 g/mol. The van der Waals surface area contributed by atoms with E-state index in [1.807, 2.05) is 19.9 Å². The average Bonchev–Trinajstić information content (AvgIpc) is 2.40. The van der Waals surface area contributed by atoms with Crippen molar-refractivity contribution in [1.29, 1.82) is 0 Å². The molecule has 1 N–H and O–H groups in total. The molecule has 0 radical (unpaired) electrons. The lowest BCUT2D eigenvalue weighted by atomic mass is 10.1. The van der Waals surface area contributed by atoms with Crippen molar-refractivity contribution < 1.29 is 8.78 Å². The Kier molecular flexibility index (Phi) is 4.27. The summed E-state index contributed by atoms with van der Waals surface area (Å²) in [6.07, 6.45) is 0. The molecule has 0 aromatic heterocycles. The zero-order valence-electron chi connectivity index (χ0n) is 11.1. The molecule has 0 heterocycles. The maximum Gasteiger partial charge on any atom is 0.127 e. The molecule has 0 fully saturated rings. The zero-order chi connectivity index (χ0) is 13.8. The monoisotopic (exact) mass is 261 g/mol. The van der Waals surface area contributed by atoms with Gasteiger partial charge >= 0.3 is 0 Å². The fourth-order valence-corrected chi connectivity index (χ4v) is 2.03. The predicted octanol–water partition coefficient (Wildman–Crippen LogP) is 4.12. The van der Waals surface area contributed by atoms with Gasteiger partial charge in [0.15, 0.2) is 0 Å². The van der Waals surface area contributed by atoms with Gasteiger partial charge in [0.2, 0.25) is 0 Å². The summed E-state index contributed by atoms with van der Waals surface area (Å²) in [5.74, 6) is -0.473. The van der Waals surface area contributed by atoms with E-state index in [0.29, 0.717) is 12.1 Å². The molecule has 0 aliphatic rings. The van der Waals surface area contributed by atoms with E-state index in [9.17, 15) is 8.78 Å². The van der Waals surface area contributed by atoms with Crippen LogP contribution < -0.4 is 5.32 Å². The molecule has 0 saturated carbocycles. The highest BCUT2D eigenvalue weighted by molar-refractivity contribution is 5.27. The maximum absolute atomic E-state index is 13.6. The van der Waals surface area contributed by atoms with Crippen molar-refractivity contribution in [3.05, 3.63) is 70.8 Å². The summed E-state index contributed by atoms with van der Waals surface area (Å²) in [6.45, 7) is 4.34. The van der Waals surface area contributed by atoms with Crippen LogP contribution in [-0.2, 0) is 6.54 Å². The van der Waals surface area contributed by atoms with Crippen LogP contribution in [0, 0.1) is 18.6 Å². The SMILES string of the molecule is Cc1ccc(F)cc1CN[C@H](C)c1ccccc1F. The van der Waals surface area contributed by atoms with Gasteiger partial charge < -0.3 is 5.32 Å². The maximum atomic E-state index is 13.6. The van der Waals surface area contributed by atoms with Crippen molar-refractivity contribution in [2.75, 3.05) is 0 Å². The number of rotatable bonds is 4. The number of nitrogens with one attached hydrogen (secondary N) is 1. The van der Waals surface area contributed by atoms with Gasteiger partial charge in [-0.1, -0.05) is 24.3 Å². The minimum atomic E-state index is -0.249. The third kappa shape index (κ3) is 3.38. The molecular formula is C16H17F2N. The van der Waals surface area contributed by atoms with Crippen LogP contribution in [-0.4, -0.2) is 0 Å². The Bertz CT molecular complexity index is 566. The minimum absolute atomic E-state index is 0.121. The summed E-state index contributed by atoms with van der Waals surface area (Å²) in [5, 5.41) is 3.22. The van der Waals surface area contributed by atoms with E-state index >= 15 is 0 Å². The van der Waals surface area contributed by atoms with E-state index in [0.717, 1.165) is 11.1 Å². The molecule has 100 valence electrons. The summed E-state index contributed by atoms with van der Waals surface area (Å²) in [7, 11) is 0. The molecule has 3 heteroatoms. The van der Waals surface area contributed by atoms with Crippen molar-refractivity contribution in [1.82, 2.24) is 5.32 Å². The topological polar surface area (TPSA) is 12.0 Å². The standard InChI is InChI=1S/C16H17F2N/c1-11-7-8-14(17)9-13(11)10-19-12(2)15-5-3-4-6-16(15)18/h3-9,12,19H,10H2,1-2H3/t12-/m1/s1. The summed E-state index contributed by atoms with van der Waals surface area (Å²) < 4.78 is 26.8. The Morgan fingerprint density at radius 2 is 1.84 bits per heavy atom. The highest BCUT2D eigenvalue weighted by Crippen LogP contribution is 2.17. The van der Waals surface area contributed by atoms with Gasteiger partial charge in [-0.2, -0.15) is 0 Å². The first-order valence-electron chi connectivity index (χ1n) is 6.31. The van der Waals surface area contributed by atoms with Gasteiger partial charge in [0.25, 0.3) is 0 Å². The molecule has 1 nitrogen and oxygen atoms in total. The van der Waals surface area contributed by atoms with Crippen molar-refractivity contribution in [3.8, 4) is 0 Å². The van der Waals surface area contributed by atoms with E-state index in [-0.39, 0.29) is 17.7 Å². The van der Waals surface area contributed by atoms with Gasteiger partial charge in [-0.15, -0.1) is 0 Å². The van der Waals surface area contributed by atoms with Crippen molar-refractivity contribution >= 4 is 0 Å². The molecule has 0 unspecified atom stereocenters. The molecule has 1 atom stereocenters. The van der Waals surface area contributed by atoms with Crippen molar-refractivity contribution in [2.24, 2.45) is 0 Å². The molecule has 0 saturated heterocycles. The second kappa shape index (κ2) is 5.93. The third-order valence-electron chi connectivity index (χ3n) is 3.28. The molecular weight excluding hydrogens is 244 g/mol. The Morgan fingerprint density at radius 3 is 2.58 bits per heavy atom. The molecule has 19 heavy (non-hydrogen) atoms. The number of hydrogen-bond donors (Lipinski definition) is 1. The van der Waals surface area contributed by atoms with Gasteiger partial charge in [0.05, 0.1) is 0 Å². The summed E-state index contributed by atoms with van der Waals surface area (Å²) in [5.41, 5.74) is 2.54. The number of aryl methyl sites for hydroxylation is 1. The minimum Gasteiger partial charge on any atom is -0.306 e. The van der Waals surface area contributed by atoms with Crippen molar-refractivity contribution in [3.63, 3.8) is 0 Å². The number of hydrogen-bond acceptors (Lipinski definition) is 1. The number of benzene rings is 2. The molecule has 2 aromatic carbocycles. The molecule has 2 rings (SSSR count). The summed E-state index contributed by atoms with van der Waals surface area (Å²) in [6, 6.07) is 11.3. The van der Waals surface area contributed by atoms with Crippen LogP contribution >= 0.6 is 0 Å². The van der Waals surface area contributed by atoms with Crippen LogP contribution in [0.1, 0.15) is 29.7 Å². The van der Waals surface area contributed by atoms with Crippen molar-refractivity contribution in [2.45, 2.75) is 26.4 Å². The fourth-order valence-electron chi connectivity index (χ4n) is 2.03. The molecule has 0 spiro atoms. The lowest BCUT2D eigenvalue weighted by Crippen LogP contribution is -2.19. The largest absolute Gasteiger partial charge is 0.306 e. The first-order chi connectivity index (χ1) is 9.08. The van der Waals surface area contributed by atoms with Gasteiger partial charge in [-0.3, -0.25) is 0 Å². The Morgan fingerprint density at radius 1 is 1.11 bits per heavy atom. The van der Waals surface area contributed by atoms with E-state index in [2.05, 4.69) is 5.32 Å². The van der Waals surface area contributed by atoms with E-state index in [4.69, 9.17) is 0 Å². The lowest BCUT2D eigenvalue weighted by molar-refractivity contribution is 0.526. The Balaban J connectivity index is 2.06. The second-order valence-corrected chi connectivity index (χ2v) is 4.69. The molecule has 0 aliphatic carbocycles. The van der Waals surface area contributed by atoms with E-state index < -0.39 is 0 Å². The Labute approximate surface area is 112 Å². The fraction of sp³-hybridized carbons (Fsp3) is 0.250. The lowest BCUT2D eigenvalue weighted by Gasteiger charge is -2.16.